The second-order valence-electron chi connectivity index (χ2n) is 8.35. The van der Waals surface area contributed by atoms with Gasteiger partial charge in [0.25, 0.3) is 0 Å². The predicted octanol–water partition coefficient (Wildman–Crippen LogP) is 7.67. The van der Waals surface area contributed by atoms with Gasteiger partial charge in [-0.05, 0) is 81.1 Å². The summed E-state index contributed by atoms with van der Waals surface area (Å²) in [7, 11) is 0. The van der Waals surface area contributed by atoms with E-state index in [2.05, 4.69) is 25.2 Å². The smallest absolute Gasteiger partial charge is 0.195 e. The van der Waals surface area contributed by atoms with Crippen molar-refractivity contribution in [2.45, 2.75) is 84.0 Å². The van der Waals surface area contributed by atoms with E-state index in [0.717, 1.165) is 17.8 Å². The number of allylic oxidation sites excluding steroid dienone is 6. The largest absolute Gasteiger partial charge is 0.199 e. The second kappa shape index (κ2) is 12.1. The number of unbranched alkanes of at least 4 members (excludes halogenated alkanes) is 2. The van der Waals surface area contributed by atoms with E-state index in [1.807, 2.05) is 0 Å². The van der Waals surface area contributed by atoms with E-state index in [9.17, 15) is 4.39 Å². The van der Waals surface area contributed by atoms with Crippen LogP contribution in [0.2, 0.25) is 0 Å². The van der Waals surface area contributed by atoms with Gasteiger partial charge in [-0.2, -0.15) is 9.65 Å². The number of halogens is 1. The van der Waals surface area contributed by atoms with Gasteiger partial charge in [0.05, 0.1) is 0 Å². The number of rotatable bonds is 8. The van der Waals surface area contributed by atoms with Gasteiger partial charge in [0.2, 0.25) is 0 Å². The molecule has 0 spiro atoms. The summed E-state index contributed by atoms with van der Waals surface area (Å²) in [4.78, 5) is 0. The normalized spacial score (nSPS) is 30.7. The number of hydrogen-bond acceptors (Lipinski definition) is 1. The lowest BCUT2D eigenvalue weighted by Gasteiger charge is -2.28. The molecule has 0 unspecified atom stereocenters. The molecule has 26 heavy (non-hydrogen) atoms. The molecule has 2 heteroatoms. The minimum atomic E-state index is -0.710. The minimum Gasteiger partial charge on any atom is -0.195 e. The first-order chi connectivity index (χ1) is 12.7. The zero-order valence-corrected chi connectivity index (χ0v) is 16.5. The van der Waals surface area contributed by atoms with Gasteiger partial charge in [0.1, 0.15) is 6.07 Å². The van der Waals surface area contributed by atoms with Gasteiger partial charge in [-0.25, -0.2) is 0 Å². The third-order valence-corrected chi connectivity index (χ3v) is 6.31. The molecule has 2 aliphatic carbocycles. The molecule has 1 nitrogen and oxygen atoms in total. The van der Waals surface area contributed by atoms with Gasteiger partial charge in [-0.1, -0.05) is 56.9 Å². The summed E-state index contributed by atoms with van der Waals surface area (Å²) in [6, 6.07) is 1.51. The molecule has 0 aromatic heterocycles. The van der Waals surface area contributed by atoms with E-state index in [0.29, 0.717) is 5.92 Å². The van der Waals surface area contributed by atoms with Gasteiger partial charge in [0, 0.05) is 0 Å². The number of nitrogens with zero attached hydrogens (tertiary/aromatic N) is 1. The summed E-state index contributed by atoms with van der Waals surface area (Å²) in [5.41, 5.74) is 0. The molecule has 0 bridgehead atoms. The zero-order valence-electron chi connectivity index (χ0n) is 16.5. The monoisotopic (exact) mass is 357 g/mol. The maximum absolute atomic E-state index is 12.8. The molecule has 144 valence electrons. The Morgan fingerprint density at radius 3 is 1.96 bits per heavy atom. The van der Waals surface area contributed by atoms with E-state index in [4.69, 9.17) is 5.26 Å². The molecule has 0 aromatic carbocycles. The third-order valence-electron chi connectivity index (χ3n) is 6.31. The second-order valence-corrected chi connectivity index (χ2v) is 8.35. The zero-order chi connectivity index (χ0) is 18.6. The SMILES string of the molecule is CCCCCC1CCC(C=CC2CCC(C=CC=C(F)C#N)CC2)CC1. The van der Waals surface area contributed by atoms with Crippen molar-refractivity contribution in [1.82, 2.24) is 0 Å². The Kier molecular flexibility index (Phi) is 9.75. The molecule has 0 heterocycles. The molecule has 0 atom stereocenters. The van der Waals surface area contributed by atoms with Crippen LogP contribution in [-0.4, -0.2) is 0 Å². The first-order valence-electron chi connectivity index (χ1n) is 10.8. The highest BCUT2D eigenvalue weighted by molar-refractivity contribution is 5.19. The average molecular weight is 358 g/mol. The van der Waals surface area contributed by atoms with Crippen molar-refractivity contribution in [3.05, 3.63) is 36.2 Å². The number of hydrogen-bond donors (Lipinski definition) is 0. The van der Waals surface area contributed by atoms with E-state index in [1.165, 1.54) is 89.2 Å². The predicted molar refractivity (Wildman–Crippen MR) is 108 cm³/mol. The van der Waals surface area contributed by atoms with Crippen molar-refractivity contribution in [3.63, 3.8) is 0 Å². The molecule has 0 N–H and O–H groups in total. The lowest BCUT2D eigenvalue weighted by Crippen LogP contribution is -2.14. The molecule has 2 aliphatic rings. The fraction of sp³-hybridized carbons (Fsp3) is 0.708. The lowest BCUT2D eigenvalue weighted by molar-refractivity contribution is 0.287. The Morgan fingerprint density at radius 1 is 0.885 bits per heavy atom. The van der Waals surface area contributed by atoms with Crippen LogP contribution in [0.3, 0.4) is 0 Å². The molecule has 2 saturated carbocycles. The van der Waals surface area contributed by atoms with Crippen molar-refractivity contribution in [2.24, 2.45) is 23.7 Å². The average Bonchev–Trinajstić information content (AvgIpc) is 2.68. The first kappa shape index (κ1) is 20.9. The molecule has 2 fully saturated rings. The van der Waals surface area contributed by atoms with E-state index in [-0.39, 0.29) is 0 Å². The fourth-order valence-corrected chi connectivity index (χ4v) is 4.53. The van der Waals surface area contributed by atoms with Crippen molar-refractivity contribution in [1.29, 1.82) is 5.26 Å². The van der Waals surface area contributed by atoms with Crippen LogP contribution in [0.1, 0.15) is 84.0 Å². The minimum absolute atomic E-state index is 0.543. The molecule has 2 rings (SSSR count). The van der Waals surface area contributed by atoms with Crippen LogP contribution in [0.5, 0.6) is 0 Å². The molecule has 0 aromatic rings. The van der Waals surface area contributed by atoms with E-state index in [1.54, 1.807) is 6.08 Å². The summed E-state index contributed by atoms with van der Waals surface area (Å²) in [5, 5.41) is 8.40. The Hall–Kier alpha value is -1.36. The molecular weight excluding hydrogens is 321 g/mol. The van der Waals surface area contributed by atoms with Gasteiger partial charge in [-0.15, -0.1) is 0 Å². The van der Waals surface area contributed by atoms with E-state index >= 15 is 0 Å². The van der Waals surface area contributed by atoms with Crippen LogP contribution in [0, 0.1) is 35.0 Å². The van der Waals surface area contributed by atoms with Crippen molar-refractivity contribution >= 4 is 0 Å². The summed E-state index contributed by atoms with van der Waals surface area (Å²) in [6.07, 6.45) is 26.2. The topological polar surface area (TPSA) is 23.8 Å². The molecule has 0 aliphatic heterocycles. The maximum atomic E-state index is 12.8. The molecule has 0 saturated heterocycles. The fourth-order valence-electron chi connectivity index (χ4n) is 4.53. The van der Waals surface area contributed by atoms with Crippen LogP contribution < -0.4 is 0 Å². The van der Waals surface area contributed by atoms with Crippen LogP contribution in [0.25, 0.3) is 0 Å². The Bertz CT molecular complexity index is 509. The van der Waals surface area contributed by atoms with Gasteiger partial charge < -0.3 is 0 Å². The van der Waals surface area contributed by atoms with Gasteiger partial charge in [0.15, 0.2) is 5.83 Å². The van der Waals surface area contributed by atoms with Crippen LogP contribution >= 0.6 is 0 Å². The Morgan fingerprint density at radius 2 is 1.42 bits per heavy atom. The summed E-state index contributed by atoms with van der Waals surface area (Å²) in [5.74, 6) is 2.37. The highest BCUT2D eigenvalue weighted by atomic mass is 19.1. The Balaban J connectivity index is 1.63. The van der Waals surface area contributed by atoms with Crippen LogP contribution in [0.15, 0.2) is 36.2 Å². The first-order valence-corrected chi connectivity index (χ1v) is 10.8. The molecule has 0 radical (unpaired) electrons. The standard InChI is InChI=1S/C24H36FN/c1-2-3-4-6-20-9-13-22(14-10-20)17-18-23-15-11-21(12-16-23)7-5-8-24(25)19-26/h5,7-8,17-18,20-23H,2-4,6,9-16H2,1H3. The van der Waals surface area contributed by atoms with Gasteiger partial charge in [-0.3, -0.25) is 0 Å². The van der Waals surface area contributed by atoms with Crippen LogP contribution in [0.4, 0.5) is 4.39 Å². The Labute approximate surface area is 160 Å². The summed E-state index contributed by atoms with van der Waals surface area (Å²) in [6.45, 7) is 2.29. The van der Waals surface area contributed by atoms with Crippen molar-refractivity contribution in [2.75, 3.05) is 0 Å². The molecular formula is C24H36FN. The van der Waals surface area contributed by atoms with Crippen molar-refractivity contribution < 1.29 is 4.39 Å². The van der Waals surface area contributed by atoms with E-state index < -0.39 is 5.83 Å². The number of nitriles is 1. The van der Waals surface area contributed by atoms with Crippen LogP contribution in [-0.2, 0) is 0 Å². The highest BCUT2D eigenvalue weighted by Crippen LogP contribution is 2.35. The summed E-state index contributed by atoms with van der Waals surface area (Å²) >= 11 is 0. The van der Waals surface area contributed by atoms with Gasteiger partial charge >= 0.3 is 0 Å². The van der Waals surface area contributed by atoms with Crippen molar-refractivity contribution in [3.8, 4) is 6.07 Å². The summed E-state index contributed by atoms with van der Waals surface area (Å²) < 4.78 is 12.8. The molecule has 0 amide bonds. The maximum Gasteiger partial charge on any atom is 0.199 e. The lowest BCUT2D eigenvalue weighted by atomic mass is 9.78. The highest BCUT2D eigenvalue weighted by Gasteiger charge is 2.21. The third kappa shape index (κ3) is 7.90. The quantitative estimate of drug-likeness (QED) is 0.189.